The molecule has 3 N–H and O–H groups in total. The average molecular weight is 254 g/mol. The number of piperidine rings is 1. The maximum Gasteiger partial charge on any atom is 0.506 e. The fraction of sp³-hybridized carbons (Fsp3) is 0.417. The van der Waals surface area contributed by atoms with Crippen molar-refractivity contribution in [1.29, 1.82) is 0 Å². The zero-order valence-electron chi connectivity index (χ0n) is 9.80. The Bertz CT molecular complexity index is 445. The summed E-state index contributed by atoms with van der Waals surface area (Å²) in [5.41, 5.74) is 6.94. The van der Waals surface area contributed by atoms with Crippen LogP contribution < -0.4 is 10.6 Å². The number of nitrogens with two attached hydrogens (primary N) is 1. The van der Waals surface area contributed by atoms with Gasteiger partial charge in [0, 0.05) is 25.9 Å². The van der Waals surface area contributed by atoms with Gasteiger partial charge in [-0.2, -0.15) is 0 Å². The first-order valence-corrected chi connectivity index (χ1v) is 5.76. The van der Waals surface area contributed by atoms with Crippen LogP contribution in [0.1, 0.15) is 12.8 Å². The van der Waals surface area contributed by atoms with Crippen LogP contribution in [0.25, 0.3) is 0 Å². The van der Waals surface area contributed by atoms with Gasteiger partial charge in [0.1, 0.15) is 11.9 Å². The van der Waals surface area contributed by atoms with E-state index in [0.29, 0.717) is 31.6 Å². The summed E-state index contributed by atoms with van der Waals surface area (Å²) < 4.78 is 17.7. The summed E-state index contributed by atoms with van der Waals surface area (Å²) in [5.74, 6) is -0.361. The van der Waals surface area contributed by atoms with Crippen molar-refractivity contribution in [1.82, 2.24) is 0 Å². The third-order valence-electron chi connectivity index (χ3n) is 3.04. The molecule has 98 valence electrons. The Morgan fingerprint density at radius 3 is 2.67 bits per heavy atom. The van der Waals surface area contributed by atoms with Crippen LogP contribution in [0, 0.1) is 5.82 Å². The van der Waals surface area contributed by atoms with Crippen molar-refractivity contribution in [3.8, 4) is 0 Å². The summed E-state index contributed by atoms with van der Waals surface area (Å²) in [4.78, 5) is 12.4. The number of ether oxygens (including phenoxy) is 1. The zero-order chi connectivity index (χ0) is 13.1. The lowest BCUT2D eigenvalue weighted by Crippen LogP contribution is -2.38. The number of halogens is 1. The molecule has 0 atom stereocenters. The Kier molecular flexibility index (Phi) is 3.55. The van der Waals surface area contributed by atoms with Gasteiger partial charge in [-0.25, -0.2) is 9.18 Å². The first-order valence-electron chi connectivity index (χ1n) is 5.76. The van der Waals surface area contributed by atoms with Crippen molar-refractivity contribution in [2.24, 2.45) is 0 Å². The van der Waals surface area contributed by atoms with Crippen LogP contribution in [-0.2, 0) is 4.74 Å². The minimum Gasteiger partial charge on any atom is -0.450 e. The van der Waals surface area contributed by atoms with Crippen LogP contribution in [-0.4, -0.2) is 30.5 Å². The molecule has 1 heterocycles. The number of nitrogens with zero attached hydrogens (tertiary/aromatic N) is 1. The number of benzene rings is 1. The van der Waals surface area contributed by atoms with Gasteiger partial charge in [0.2, 0.25) is 0 Å². The number of rotatable bonds is 2. The lowest BCUT2D eigenvalue weighted by molar-refractivity contribution is 0.0416. The highest BCUT2D eigenvalue weighted by Gasteiger charge is 2.23. The number of carbonyl (C=O) groups is 1. The summed E-state index contributed by atoms with van der Waals surface area (Å²) in [7, 11) is 0. The van der Waals surface area contributed by atoms with Gasteiger partial charge in [0.15, 0.2) is 0 Å². The summed E-state index contributed by atoms with van der Waals surface area (Å²) in [6.45, 7) is 1.29. The Morgan fingerprint density at radius 2 is 2.11 bits per heavy atom. The molecule has 2 rings (SSSR count). The van der Waals surface area contributed by atoms with Gasteiger partial charge < -0.3 is 20.5 Å². The molecule has 1 aliphatic rings. The van der Waals surface area contributed by atoms with Crippen LogP contribution in [0.5, 0.6) is 0 Å². The molecule has 0 amide bonds. The summed E-state index contributed by atoms with van der Waals surface area (Å²) in [6.07, 6.45) is -0.276. The SMILES string of the molecule is Nc1cc(F)ccc1N1CCC(OC(=O)O)CC1. The van der Waals surface area contributed by atoms with Gasteiger partial charge in [0.25, 0.3) is 0 Å². The first-order chi connectivity index (χ1) is 8.56. The van der Waals surface area contributed by atoms with Crippen LogP contribution in [0.2, 0.25) is 0 Å². The zero-order valence-corrected chi connectivity index (χ0v) is 9.80. The van der Waals surface area contributed by atoms with Gasteiger partial charge in [-0.15, -0.1) is 0 Å². The summed E-state index contributed by atoms with van der Waals surface area (Å²) in [6, 6.07) is 4.30. The van der Waals surface area contributed by atoms with Gasteiger partial charge in [-0.1, -0.05) is 0 Å². The van der Waals surface area contributed by atoms with Crippen molar-refractivity contribution in [3.05, 3.63) is 24.0 Å². The van der Waals surface area contributed by atoms with E-state index in [9.17, 15) is 9.18 Å². The first kappa shape index (κ1) is 12.5. The highest BCUT2D eigenvalue weighted by molar-refractivity contribution is 5.67. The largest absolute Gasteiger partial charge is 0.506 e. The molecule has 1 fully saturated rings. The van der Waals surface area contributed by atoms with Gasteiger partial charge in [-0.05, 0) is 18.2 Å². The molecule has 1 aromatic carbocycles. The van der Waals surface area contributed by atoms with Crippen LogP contribution in [0.4, 0.5) is 20.6 Å². The molecule has 0 aliphatic carbocycles. The maximum absolute atomic E-state index is 12.9. The lowest BCUT2D eigenvalue weighted by atomic mass is 10.1. The lowest BCUT2D eigenvalue weighted by Gasteiger charge is -2.33. The van der Waals surface area contributed by atoms with Crippen LogP contribution >= 0.6 is 0 Å². The quantitative estimate of drug-likeness (QED) is 0.624. The monoisotopic (exact) mass is 254 g/mol. The predicted octanol–water partition coefficient (Wildman–Crippen LogP) is 2.07. The molecular weight excluding hydrogens is 239 g/mol. The van der Waals surface area contributed by atoms with Gasteiger partial charge in [0.05, 0.1) is 11.4 Å². The molecule has 18 heavy (non-hydrogen) atoms. The molecule has 0 bridgehead atoms. The Labute approximate surface area is 104 Å². The second kappa shape index (κ2) is 5.12. The molecular formula is C12H15FN2O3. The highest BCUT2D eigenvalue weighted by Crippen LogP contribution is 2.27. The van der Waals surface area contributed by atoms with Crippen LogP contribution in [0.15, 0.2) is 18.2 Å². The topological polar surface area (TPSA) is 75.8 Å². The smallest absolute Gasteiger partial charge is 0.450 e. The molecule has 1 aliphatic heterocycles. The minimum atomic E-state index is -1.24. The number of anilines is 2. The Morgan fingerprint density at radius 1 is 1.44 bits per heavy atom. The maximum atomic E-state index is 12.9. The third-order valence-corrected chi connectivity index (χ3v) is 3.04. The van der Waals surface area contributed by atoms with Crippen molar-refractivity contribution < 1.29 is 19.0 Å². The molecule has 0 spiro atoms. The summed E-state index contributed by atoms with van der Waals surface area (Å²) in [5, 5.41) is 8.53. The fourth-order valence-electron chi connectivity index (χ4n) is 2.17. The van der Waals surface area contributed by atoms with E-state index in [0.717, 1.165) is 5.69 Å². The normalized spacial score (nSPS) is 16.6. The van der Waals surface area contributed by atoms with Crippen LogP contribution in [0.3, 0.4) is 0 Å². The third kappa shape index (κ3) is 2.82. The van der Waals surface area contributed by atoms with E-state index < -0.39 is 6.16 Å². The van der Waals surface area contributed by atoms with Crippen molar-refractivity contribution in [2.75, 3.05) is 23.7 Å². The molecule has 0 radical (unpaired) electrons. The molecule has 1 saturated heterocycles. The van der Waals surface area contributed by atoms with E-state index in [1.807, 2.05) is 4.90 Å². The molecule has 1 aromatic rings. The number of carboxylic acid groups (broad SMARTS) is 1. The summed E-state index contributed by atoms with van der Waals surface area (Å²) >= 11 is 0. The van der Waals surface area contributed by atoms with E-state index >= 15 is 0 Å². The standard InChI is InChI=1S/C12H15FN2O3/c13-8-1-2-11(10(14)7-8)15-5-3-9(4-6-15)18-12(16)17/h1-2,7,9H,3-6,14H2,(H,16,17). The van der Waals surface area contributed by atoms with E-state index in [2.05, 4.69) is 0 Å². The molecule has 6 heteroatoms. The Hall–Kier alpha value is -1.98. The highest BCUT2D eigenvalue weighted by atomic mass is 19.1. The number of nitrogen functional groups attached to an aromatic ring is 1. The number of hydrogen-bond donors (Lipinski definition) is 2. The second-order valence-electron chi connectivity index (χ2n) is 4.27. The molecule has 0 unspecified atom stereocenters. The minimum absolute atomic E-state index is 0.263. The molecule has 0 aromatic heterocycles. The van der Waals surface area contributed by atoms with Crippen molar-refractivity contribution >= 4 is 17.5 Å². The fourth-order valence-corrected chi connectivity index (χ4v) is 2.17. The van der Waals surface area contributed by atoms with E-state index in [4.69, 9.17) is 15.6 Å². The average Bonchev–Trinajstić information content (AvgIpc) is 2.30. The van der Waals surface area contributed by atoms with Crippen molar-refractivity contribution in [3.63, 3.8) is 0 Å². The van der Waals surface area contributed by atoms with E-state index in [1.54, 1.807) is 6.07 Å². The van der Waals surface area contributed by atoms with Crippen molar-refractivity contribution in [2.45, 2.75) is 18.9 Å². The van der Waals surface area contributed by atoms with Gasteiger partial charge >= 0.3 is 6.16 Å². The van der Waals surface area contributed by atoms with Gasteiger partial charge in [-0.3, -0.25) is 0 Å². The molecule has 5 nitrogen and oxygen atoms in total. The van der Waals surface area contributed by atoms with E-state index in [1.165, 1.54) is 12.1 Å². The molecule has 0 saturated carbocycles. The van der Waals surface area contributed by atoms with E-state index in [-0.39, 0.29) is 11.9 Å². The Balaban J connectivity index is 1.99. The number of hydrogen-bond acceptors (Lipinski definition) is 4. The second-order valence-corrected chi connectivity index (χ2v) is 4.27. The predicted molar refractivity (Wildman–Crippen MR) is 65.2 cm³/mol.